The van der Waals surface area contributed by atoms with Gasteiger partial charge in [-0.3, -0.25) is 19.2 Å². The Morgan fingerprint density at radius 3 is 2.61 bits per heavy atom. The van der Waals surface area contributed by atoms with Gasteiger partial charge in [-0.15, -0.1) is 0 Å². The fourth-order valence-corrected chi connectivity index (χ4v) is 6.86. The molecule has 2 N–H and O–H groups in total. The molecule has 1 aromatic carbocycles. The number of nitrogens with zero attached hydrogens (tertiary/aromatic N) is 3. The molecule has 3 aromatic rings. The summed E-state index contributed by atoms with van der Waals surface area (Å²) in [6, 6.07) is 4.22. The van der Waals surface area contributed by atoms with E-state index in [1.807, 2.05) is 23.7 Å². The van der Waals surface area contributed by atoms with E-state index in [0.29, 0.717) is 23.5 Å². The number of amides is 1. The average molecular weight is 492 g/mol. The normalized spacial score (nSPS) is 21.4. The Balaban J connectivity index is 1.34. The van der Waals surface area contributed by atoms with E-state index >= 15 is 0 Å². The maximum Gasteiger partial charge on any atom is 0.259 e. The van der Waals surface area contributed by atoms with Crippen molar-refractivity contribution in [2.45, 2.75) is 76.3 Å². The van der Waals surface area contributed by atoms with E-state index in [4.69, 9.17) is 4.74 Å². The van der Waals surface area contributed by atoms with Crippen LogP contribution in [0.5, 0.6) is 0 Å². The van der Waals surface area contributed by atoms with Crippen LogP contribution in [0.25, 0.3) is 21.8 Å². The third kappa shape index (κ3) is 4.14. The van der Waals surface area contributed by atoms with Gasteiger partial charge < -0.3 is 15.0 Å². The lowest BCUT2D eigenvalue weighted by Crippen LogP contribution is -2.59. The number of fused-ring (bicyclic) bond motifs is 3. The number of morpholine rings is 1. The van der Waals surface area contributed by atoms with Gasteiger partial charge in [0.25, 0.3) is 11.5 Å². The minimum absolute atomic E-state index is 0.0159. The Labute approximate surface area is 211 Å². The first-order chi connectivity index (χ1) is 17.6. The third-order valence-corrected chi connectivity index (χ3v) is 8.87. The lowest BCUT2D eigenvalue weighted by molar-refractivity contribution is -0.0361. The van der Waals surface area contributed by atoms with Crippen LogP contribution in [0.2, 0.25) is 0 Å². The molecule has 0 unspecified atom stereocenters. The summed E-state index contributed by atoms with van der Waals surface area (Å²) in [7, 11) is 0. The van der Waals surface area contributed by atoms with Crippen molar-refractivity contribution in [1.82, 2.24) is 25.0 Å². The summed E-state index contributed by atoms with van der Waals surface area (Å²) in [6.45, 7) is 6.00. The number of pyridine rings is 1. The number of carbonyl (C=O) groups is 1. The number of aromatic amines is 1. The molecule has 1 amide bonds. The molecule has 192 valence electrons. The fourth-order valence-electron chi connectivity index (χ4n) is 6.86. The Hall–Kier alpha value is -2.71. The van der Waals surface area contributed by atoms with Gasteiger partial charge in [-0.2, -0.15) is 5.10 Å². The number of benzene rings is 1. The smallest absolute Gasteiger partial charge is 0.259 e. The van der Waals surface area contributed by atoms with Crippen molar-refractivity contribution in [3.63, 3.8) is 0 Å². The predicted molar refractivity (Wildman–Crippen MR) is 141 cm³/mol. The highest BCUT2D eigenvalue weighted by Gasteiger charge is 2.39. The monoisotopic (exact) mass is 491 g/mol. The molecule has 8 nitrogen and oxygen atoms in total. The first kappa shape index (κ1) is 23.7. The molecule has 2 saturated carbocycles. The molecule has 1 saturated heterocycles. The molecule has 1 aliphatic heterocycles. The van der Waals surface area contributed by atoms with E-state index in [-0.39, 0.29) is 17.0 Å². The number of H-pyrrole nitrogens is 1. The van der Waals surface area contributed by atoms with Gasteiger partial charge in [-0.1, -0.05) is 32.1 Å². The van der Waals surface area contributed by atoms with Crippen molar-refractivity contribution in [3.05, 3.63) is 39.8 Å². The highest BCUT2D eigenvalue weighted by atomic mass is 16.5. The second kappa shape index (κ2) is 9.63. The number of hydrogen-bond donors (Lipinski definition) is 2. The number of carbonyl (C=O) groups excluding carboxylic acids is 1. The Kier molecular flexibility index (Phi) is 6.33. The Bertz CT molecular complexity index is 1320. The van der Waals surface area contributed by atoms with Crippen molar-refractivity contribution in [3.8, 4) is 0 Å². The zero-order valence-electron chi connectivity index (χ0n) is 21.3. The molecule has 0 spiro atoms. The summed E-state index contributed by atoms with van der Waals surface area (Å²) < 4.78 is 7.64. The number of rotatable bonds is 5. The van der Waals surface area contributed by atoms with Crippen LogP contribution in [0.3, 0.4) is 0 Å². The molecular weight excluding hydrogens is 454 g/mol. The van der Waals surface area contributed by atoms with Crippen molar-refractivity contribution in [2.75, 3.05) is 32.8 Å². The van der Waals surface area contributed by atoms with Gasteiger partial charge in [0, 0.05) is 36.1 Å². The summed E-state index contributed by atoms with van der Waals surface area (Å²) in [4.78, 5) is 32.0. The minimum Gasteiger partial charge on any atom is -0.379 e. The van der Waals surface area contributed by atoms with Crippen LogP contribution in [-0.4, -0.2) is 64.0 Å². The molecule has 2 aromatic heterocycles. The molecule has 3 fully saturated rings. The van der Waals surface area contributed by atoms with Crippen LogP contribution in [0.1, 0.15) is 79.8 Å². The van der Waals surface area contributed by atoms with Crippen molar-refractivity contribution >= 4 is 27.7 Å². The summed E-state index contributed by atoms with van der Waals surface area (Å²) >= 11 is 0. The zero-order chi connectivity index (χ0) is 24.7. The van der Waals surface area contributed by atoms with Gasteiger partial charge in [0.05, 0.1) is 41.9 Å². The lowest BCUT2D eigenvalue weighted by Gasteiger charge is -2.48. The third-order valence-electron chi connectivity index (χ3n) is 8.87. The maximum atomic E-state index is 13.6. The first-order valence-electron chi connectivity index (χ1n) is 13.7. The molecule has 0 atom stereocenters. The molecule has 6 rings (SSSR count). The molecule has 0 radical (unpaired) electrons. The highest BCUT2D eigenvalue weighted by molar-refractivity contribution is 6.07. The zero-order valence-corrected chi connectivity index (χ0v) is 21.3. The van der Waals surface area contributed by atoms with Gasteiger partial charge in [-0.25, -0.2) is 0 Å². The van der Waals surface area contributed by atoms with Gasteiger partial charge in [0.1, 0.15) is 0 Å². The van der Waals surface area contributed by atoms with Crippen molar-refractivity contribution in [2.24, 2.45) is 0 Å². The molecular formula is C28H37N5O3. The second-order valence-corrected chi connectivity index (χ2v) is 11.0. The number of ether oxygens (including phenoxy) is 1. The van der Waals surface area contributed by atoms with Gasteiger partial charge in [0.2, 0.25) is 0 Å². The topological polar surface area (TPSA) is 92.2 Å². The quantitative estimate of drug-likeness (QED) is 0.561. The minimum atomic E-state index is -0.122. The van der Waals surface area contributed by atoms with Crippen LogP contribution >= 0.6 is 0 Å². The number of nitrogens with one attached hydrogen (secondary N) is 2. The highest BCUT2D eigenvalue weighted by Crippen LogP contribution is 2.35. The standard InChI is InChI=1S/C28H37N5O3/c1-19-15-24-22(25-23(27(35)31-24)17-30-33(25)20-7-3-4-8-20)16-21(19)26(34)29-18-28(9-5-2-6-10-28)32-11-13-36-14-12-32/h15-17,20H,2-14,18H2,1H3,(H,29,34)(H,31,35). The molecule has 3 heterocycles. The number of aryl methyl sites for hydroxylation is 1. The van der Waals surface area contributed by atoms with Crippen molar-refractivity contribution < 1.29 is 9.53 Å². The summed E-state index contributed by atoms with van der Waals surface area (Å²) in [5.41, 5.74) is 3.05. The number of aromatic nitrogens is 3. The van der Waals surface area contributed by atoms with Crippen LogP contribution in [-0.2, 0) is 4.74 Å². The van der Waals surface area contributed by atoms with Crippen molar-refractivity contribution in [1.29, 1.82) is 0 Å². The summed E-state index contributed by atoms with van der Waals surface area (Å²) in [5.74, 6) is -0.0427. The van der Waals surface area contributed by atoms with E-state index in [1.165, 1.54) is 32.1 Å². The van der Waals surface area contributed by atoms with E-state index < -0.39 is 0 Å². The van der Waals surface area contributed by atoms with Crippen LogP contribution in [0.15, 0.2) is 23.1 Å². The summed E-state index contributed by atoms with van der Waals surface area (Å²) in [5, 5.41) is 9.43. The van der Waals surface area contributed by atoms with Gasteiger partial charge in [0.15, 0.2) is 0 Å². The molecule has 3 aliphatic rings. The fraction of sp³-hybridized carbons (Fsp3) is 0.607. The SMILES string of the molecule is Cc1cc2[nH]c(=O)c3cnn(C4CCCC4)c3c2cc1C(=O)NCC1(N2CCOCC2)CCCCC1. The van der Waals surface area contributed by atoms with E-state index in [0.717, 1.165) is 74.0 Å². The first-order valence-corrected chi connectivity index (χ1v) is 13.7. The van der Waals surface area contributed by atoms with E-state index in [9.17, 15) is 9.59 Å². The van der Waals surface area contributed by atoms with Gasteiger partial charge in [-0.05, 0) is 50.3 Å². The number of hydrogen-bond acceptors (Lipinski definition) is 5. The van der Waals surface area contributed by atoms with Crippen LogP contribution in [0, 0.1) is 6.92 Å². The van der Waals surface area contributed by atoms with Crippen LogP contribution < -0.4 is 10.9 Å². The van der Waals surface area contributed by atoms with E-state index in [1.54, 1.807) is 6.20 Å². The predicted octanol–water partition coefficient (Wildman–Crippen LogP) is 4.07. The molecule has 36 heavy (non-hydrogen) atoms. The maximum absolute atomic E-state index is 13.6. The average Bonchev–Trinajstić information content (AvgIpc) is 3.59. The lowest BCUT2D eigenvalue weighted by atomic mass is 9.79. The molecule has 0 bridgehead atoms. The van der Waals surface area contributed by atoms with Gasteiger partial charge >= 0.3 is 0 Å². The van der Waals surface area contributed by atoms with E-state index in [2.05, 4.69) is 20.3 Å². The second-order valence-electron chi connectivity index (χ2n) is 11.0. The Morgan fingerprint density at radius 2 is 1.86 bits per heavy atom. The summed E-state index contributed by atoms with van der Waals surface area (Å²) in [6.07, 6.45) is 12.1. The Morgan fingerprint density at radius 1 is 1.11 bits per heavy atom. The van der Waals surface area contributed by atoms with Crippen LogP contribution in [0.4, 0.5) is 0 Å². The molecule has 8 heteroatoms. The largest absolute Gasteiger partial charge is 0.379 e. The molecule has 2 aliphatic carbocycles.